The first-order chi connectivity index (χ1) is 27.5. The van der Waals surface area contributed by atoms with Crippen LogP contribution in [0.3, 0.4) is 0 Å². The van der Waals surface area contributed by atoms with Crippen LogP contribution in [0.5, 0.6) is 0 Å². The van der Waals surface area contributed by atoms with Crippen LogP contribution in [-0.4, -0.2) is 11.7 Å². The number of allylic oxidation sites excluding steroid dienone is 14. The average Bonchev–Trinajstić information content (AvgIpc) is 4.09. The van der Waals surface area contributed by atoms with Gasteiger partial charge in [0.05, 0.1) is 0 Å². The van der Waals surface area contributed by atoms with Crippen molar-refractivity contribution < 1.29 is 5.11 Å². The summed E-state index contributed by atoms with van der Waals surface area (Å²) >= 11 is 0. The zero-order chi connectivity index (χ0) is 38.3. The van der Waals surface area contributed by atoms with Crippen LogP contribution < -0.4 is 0 Å². The van der Waals surface area contributed by atoms with Gasteiger partial charge in [-0.25, -0.2) is 0 Å². The number of aliphatic hydroxyl groups excluding tert-OH is 1. The molecule has 308 valence electrons. The maximum absolute atomic E-state index is 8.85. The van der Waals surface area contributed by atoms with Crippen LogP contribution in [0.4, 0.5) is 0 Å². The van der Waals surface area contributed by atoms with Gasteiger partial charge in [-0.15, -0.1) is 0 Å². The minimum atomic E-state index is 0.394. The van der Waals surface area contributed by atoms with Crippen molar-refractivity contribution in [2.45, 2.75) is 155 Å². The molecule has 12 aliphatic rings. The second kappa shape index (κ2) is 19.9. The second-order valence-corrected chi connectivity index (χ2v) is 21.3. The normalized spacial score (nSPS) is 43.7. The van der Waals surface area contributed by atoms with Gasteiger partial charge >= 0.3 is 0 Å². The smallest absolute Gasteiger partial charge is 0.0465 e. The molecule has 12 aliphatic carbocycles. The Hall–Kier alpha value is -1.86. The van der Waals surface area contributed by atoms with E-state index in [9.17, 15) is 0 Å². The lowest BCUT2D eigenvalue weighted by atomic mass is 9.85. The highest BCUT2D eigenvalue weighted by Crippen LogP contribution is 2.49. The largest absolute Gasteiger partial charge is 0.396 e. The summed E-state index contributed by atoms with van der Waals surface area (Å²) in [6.07, 6.45) is 63.3. The third-order valence-corrected chi connectivity index (χ3v) is 17.4. The van der Waals surface area contributed by atoms with Gasteiger partial charge in [0, 0.05) is 6.61 Å². The lowest BCUT2D eigenvalue weighted by molar-refractivity contribution is 0.207. The van der Waals surface area contributed by atoms with Gasteiger partial charge < -0.3 is 5.11 Å². The molecule has 0 heterocycles. The number of rotatable bonds is 11. The lowest BCUT2D eigenvalue weighted by Crippen LogP contribution is -2.10. The molecule has 6 saturated carbocycles. The Balaban J connectivity index is 0.000000103. The summed E-state index contributed by atoms with van der Waals surface area (Å²) in [5.41, 5.74) is 1.67. The van der Waals surface area contributed by atoms with E-state index in [1.54, 1.807) is 5.57 Å². The summed E-state index contributed by atoms with van der Waals surface area (Å²) in [4.78, 5) is 0. The standard InChI is InChI=1S/C18H26.C13H22.C9H12.C8H12O.C7H10/c1(3-15-9-13-5-7-17(15)11-13)2-4-16-10-14-6-8-18(16)12-14;1-2-3-4-5-6-12-9-11-7-8-13(12)10-11;1-2-8-5-7-3-4-9(8)6-7;9-5-8-4-6-1-2-7(8)3-6;1-2-7-4-3-6(1)5-7/h5-8,13-18H,1-4,9-12H2;7-8,11-13H,2-6,9-10H2,1H3;2-4,7,9H,5-6H2,1H3;1-2,6-9H,3-5H2;1-2,6-7H,3-5H2/b;;8-2+;;. The highest BCUT2D eigenvalue weighted by molar-refractivity contribution is 5.26. The summed E-state index contributed by atoms with van der Waals surface area (Å²) < 4.78 is 0. The van der Waals surface area contributed by atoms with Crippen molar-refractivity contribution in [3.8, 4) is 0 Å². The minimum absolute atomic E-state index is 0.394. The van der Waals surface area contributed by atoms with Gasteiger partial charge in [-0.05, 0) is 204 Å². The van der Waals surface area contributed by atoms with Gasteiger partial charge in [0.25, 0.3) is 0 Å². The van der Waals surface area contributed by atoms with E-state index in [1.165, 1.54) is 141 Å². The second-order valence-electron chi connectivity index (χ2n) is 21.3. The highest BCUT2D eigenvalue weighted by atomic mass is 16.3. The maximum Gasteiger partial charge on any atom is 0.0465 e. The van der Waals surface area contributed by atoms with Crippen LogP contribution in [0, 0.1) is 94.7 Å². The van der Waals surface area contributed by atoms with Crippen LogP contribution in [0.15, 0.2) is 84.6 Å². The number of aliphatic hydroxyl groups is 1. The molecular weight excluding hydrogens is 677 g/mol. The van der Waals surface area contributed by atoms with Crippen molar-refractivity contribution in [2.75, 3.05) is 6.61 Å². The predicted molar refractivity (Wildman–Crippen MR) is 239 cm³/mol. The van der Waals surface area contributed by atoms with Gasteiger partial charge in [-0.3, -0.25) is 0 Å². The van der Waals surface area contributed by atoms with Crippen molar-refractivity contribution in [2.24, 2.45) is 94.7 Å². The summed E-state index contributed by atoms with van der Waals surface area (Å²) in [5.74, 6) is 14.9. The Morgan fingerprint density at radius 3 is 1.12 bits per heavy atom. The molecule has 0 aliphatic heterocycles. The summed E-state index contributed by atoms with van der Waals surface area (Å²) in [6, 6.07) is 0. The zero-order valence-electron chi connectivity index (χ0n) is 36.0. The van der Waals surface area contributed by atoms with E-state index in [0.717, 1.165) is 88.8 Å². The molecule has 1 nitrogen and oxygen atoms in total. The zero-order valence-corrected chi connectivity index (χ0v) is 36.0. The van der Waals surface area contributed by atoms with Gasteiger partial charge in [0.2, 0.25) is 0 Å². The molecule has 12 rings (SSSR count). The van der Waals surface area contributed by atoms with Gasteiger partial charge in [-0.1, -0.05) is 130 Å². The first kappa shape index (κ1) is 40.9. The van der Waals surface area contributed by atoms with Crippen molar-refractivity contribution in [3.05, 3.63) is 84.6 Å². The van der Waals surface area contributed by atoms with Crippen LogP contribution in [0.25, 0.3) is 0 Å². The minimum Gasteiger partial charge on any atom is -0.396 e. The Bertz CT molecular complexity index is 1400. The first-order valence-electron chi connectivity index (χ1n) is 24.9. The molecular formula is C55H82O. The fraction of sp³-hybridized carbons (Fsp3) is 0.745. The molecule has 16 atom stereocenters. The molecule has 1 N–H and O–H groups in total. The average molecular weight is 759 g/mol. The van der Waals surface area contributed by atoms with E-state index >= 15 is 0 Å². The molecule has 56 heavy (non-hydrogen) atoms. The number of hydrogen-bond donors (Lipinski definition) is 1. The van der Waals surface area contributed by atoms with E-state index in [4.69, 9.17) is 5.11 Å². The van der Waals surface area contributed by atoms with Gasteiger partial charge in [0.1, 0.15) is 0 Å². The summed E-state index contributed by atoms with van der Waals surface area (Å²) in [6.45, 7) is 4.84. The molecule has 0 aromatic rings. The number of fused-ring (bicyclic) bond motifs is 12. The maximum atomic E-state index is 8.85. The SMILES string of the molecule is C/C=C1\CC2C=CC1C2.C1=CC2CC1CC2CCCCC1CC2C=CC1C2.C1=CC2CCC1C2.CCCCCCC1CC2C=CC1C2.OCC1CC2C=CC1C2. The molecule has 0 amide bonds. The van der Waals surface area contributed by atoms with E-state index < -0.39 is 0 Å². The van der Waals surface area contributed by atoms with Crippen LogP contribution in [0.2, 0.25) is 0 Å². The van der Waals surface area contributed by atoms with Crippen molar-refractivity contribution in [1.82, 2.24) is 0 Å². The molecule has 0 radical (unpaired) electrons. The van der Waals surface area contributed by atoms with E-state index in [1.807, 2.05) is 0 Å². The molecule has 6 fully saturated rings. The highest BCUT2D eigenvalue weighted by Gasteiger charge is 2.38. The first-order valence-corrected chi connectivity index (χ1v) is 24.9. The molecule has 0 spiro atoms. The Morgan fingerprint density at radius 1 is 0.446 bits per heavy atom. The topological polar surface area (TPSA) is 20.2 Å². The fourth-order valence-electron chi connectivity index (χ4n) is 14.1. The van der Waals surface area contributed by atoms with Crippen molar-refractivity contribution in [1.29, 1.82) is 0 Å². The quantitative estimate of drug-likeness (QED) is 0.164. The lowest BCUT2D eigenvalue weighted by Gasteiger charge is -2.20. The monoisotopic (exact) mass is 759 g/mol. The van der Waals surface area contributed by atoms with Crippen molar-refractivity contribution in [3.63, 3.8) is 0 Å². The number of hydrogen-bond acceptors (Lipinski definition) is 1. The van der Waals surface area contributed by atoms with Crippen LogP contribution in [0.1, 0.15) is 155 Å². The van der Waals surface area contributed by atoms with Crippen LogP contribution >= 0.6 is 0 Å². The molecule has 16 unspecified atom stereocenters. The fourth-order valence-corrected chi connectivity index (χ4v) is 14.1. The molecule has 1 heteroatoms. The predicted octanol–water partition coefficient (Wildman–Crippen LogP) is 14.8. The Labute approximate surface area is 344 Å². The summed E-state index contributed by atoms with van der Waals surface area (Å²) in [5, 5.41) is 8.85. The van der Waals surface area contributed by atoms with E-state index in [-0.39, 0.29) is 0 Å². The molecule has 0 aromatic carbocycles. The van der Waals surface area contributed by atoms with Gasteiger partial charge in [0.15, 0.2) is 0 Å². The van der Waals surface area contributed by atoms with E-state index in [2.05, 4.69) is 92.8 Å². The molecule has 12 bridgehead atoms. The third kappa shape index (κ3) is 10.5. The third-order valence-electron chi connectivity index (χ3n) is 17.4. The summed E-state index contributed by atoms with van der Waals surface area (Å²) in [7, 11) is 0. The van der Waals surface area contributed by atoms with Gasteiger partial charge in [-0.2, -0.15) is 0 Å². The Kier molecular flexibility index (Phi) is 14.6. The molecule has 0 aromatic heterocycles. The molecule has 0 saturated heterocycles. The van der Waals surface area contributed by atoms with E-state index in [0.29, 0.717) is 12.5 Å². The van der Waals surface area contributed by atoms with Crippen LogP contribution in [-0.2, 0) is 0 Å². The number of unbranched alkanes of at least 4 members (excludes halogenated alkanes) is 4. The Morgan fingerprint density at radius 2 is 0.875 bits per heavy atom. The van der Waals surface area contributed by atoms with Crippen molar-refractivity contribution >= 4 is 0 Å².